The van der Waals surface area contributed by atoms with Crippen molar-refractivity contribution >= 4 is 22.6 Å². The number of rotatable bonds is 4. The number of fused-ring (bicyclic) bond motifs is 1. The van der Waals surface area contributed by atoms with Gasteiger partial charge >= 0.3 is 12.4 Å². The van der Waals surface area contributed by atoms with Gasteiger partial charge in [-0.1, -0.05) is 12.1 Å². The number of carbonyl (C=O) groups excluding carboxylic acids is 1. The first kappa shape index (κ1) is 22.7. The summed E-state index contributed by atoms with van der Waals surface area (Å²) in [6.07, 6.45) is -6.58. The van der Waals surface area contributed by atoms with Crippen molar-refractivity contribution in [3.8, 4) is 0 Å². The summed E-state index contributed by atoms with van der Waals surface area (Å²) in [5, 5.41) is 7.13. The summed E-state index contributed by atoms with van der Waals surface area (Å²) in [6.45, 7) is 1.59. The lowest BCUT2D eigenvalue weighted by atomic mass is 10.0. The third kappa shape index (κ3) is 4.67. The summed E-state index contributed by atoms with van der Waals surface area (Å²) in [5.74, 6) is -1.00. The fraction of sp³-hybridized carbons (Fsp3) is 0.273. The molecule has 5 nitrogen and oxygen atoms in total. The number of alkyl halides is 6. The van der Waals surface area contributed by atoms with Gasteiger partial charge in [-0.2, -0.15) is 31.4 Å². The Morgan fingerprint density at radius 3 is 2.24 bits per heavy atom. The van der Waals surface area contributed by atoms with E-state index in [4.69, 9.17) is 4.74 Å². The number of ether oxygens (including phenoxy) is 1. The van der Waals surface area contributed by atoms with Gasteiger partial charge in [0.05, 0.1) is 35.4 Å². The second-order valence-corrected chi connectivity index (χ2v) is 7.62. The molecule has 0 saturated heterocycles. The highest BCUT2D eigenvalue weighted by molar-refractivity contribution is 6.01. The maximum Gasteiger partial charge on any atom is 0.416 e. The average molecular weight is 469 g/mol. The highest BCUT2D eigenvalue weighted by Crippen LogP contribution is 2.34. The van der Waals surface area contributed by atoms with E-state index in [2.05, 4.69) is 10.4 Å². The normalized spacial score (nSPS) is 18.5. The first-order valence-corrected chi connectivity index (χ1v) is 9.80. The first-order chi connectivity index (χ1) is 15.4. The predicted molar refractivity (Wildman–Crippen MR) is 107 cm³/mol. The van der Waals surface area contributed by atoms with E-state index in [0.29, 0.717) is 5.56 Å². The third-order valence-electron chi connectivity index (χ3n) is 5.32. The molecule has 4 rings (SSSR count). The molecule has 2 heterocycles. The van der Waals surface area contributed by atoms with E-state index in [0.717, 1.165) is 24.3 Å². The zero-order valence-corrected chi connectivity index (χ0v) is 17.0. The summed E-state index contributed by atoms with van der Waals surface area (Å²) in [5.41, 5.74) is -1.29. The Hall–Kier alpha value is -3.50. The number of hydrogen-bond donors (Lipinski definition) is 1. The highest BCUT2D eigenvalue weighted by atomic mass is 19.4. The van der Waals surface area contributed by atoms with Crippen LogP contribution in [0.15, 0.2) is 54.8 Å². The van der Waals surface area contributed by atoms with Gasteiger partial charge in [0.2, 0.25) is 5.91 Å². The van der Waals surface area contributed by atoms with Gasteiger partial charge in [0.1, 0.15) is 6.10 Å². The molecule has 1 N–H and O–H groups in total. The largest absolute Gasteiger partial charge is 0.497 e. The van der Waals surface area contributed by atoms with Gasteiger partial charge in [-0.25, -0.2) is 0 Å². The van der Waals surface area contributed by atoms with Crippen molar-refractivity contribution in [3.05, 3.63) is 71.5 Å². The zero-order chi connectivity index (χ0) is 24.0. The topological polar surface area (TPSA) is 56.1 Å². The van der Waals surface area contributed by atoms with Crippen LogP contribution >= 0.6 is 0 Å². The fourth-order valence-corrected chi connectivity index (χ4v) is 3.53. The van der Waals surface area contributed by atoms with E-state index in [1.165, 1.54) is 29.1 Å². The van der Waals surface area contributed by atoms with Gasteiger partial charge < -0.3 is 10.1 Å². The quantitative estimate of drug-likeness (QED) is 0.506. The second-order valence-electron chi connectivity index (χ2n) is 7.62. The molecule has 1 aliphatic rings. The third-order valence-corrected chi connectivity index (χ3v) is 5.32. The molecule has 1 aromatic heterocycles. The van der Waals surface area contributed by atoms with Gasteiger partial charge in [0.15, 0.2) is 5.82 Å². The van der Waals surface area contributed by atoms with Crippen LogP contribution in [-0.2, 0) is 28.4 Å². The number of carbonyl (C=O) groups is 1. The number of aromatic nitrogens is 2. The van der Waals surface area contributed by atoms with Crippen LogP contribution in [-0.4, -0.2) is 21.8 Å². The molecule has 3 aromatic rings. The molecule has 0 spiro atoms. The lowest BCUT2D eigenvalue weighted by Gasteiger charge is -2.13. The Labute approximate surface area is 183 Å². The number of hydrogen-bond acceptors (Lipinski definition) is 3. The molecule has 0 radical (unpaired) electrons. The minimum absolute atomic E-state index is 0.0446. The summed E-state index contributed by atoms with van der Waals surface area (Å²) >= 11 is 0. The minimum atomic E-state index is -4.61. The Bertz CT molecular complexity index is 1210. The zero-order valence-electron chi connectivity index (χ0n) is 17.0. The molecule has 11 heteroatoms. The molecule has 0 saturated carbocycles. The van der Waals surface area contributed by atoms with Crippen LogP contribution in [0.5, 0.6) is 0 Å². The van der Waals surface area contributed by atoms with Crippen LogP contribution in [0, 0.1) is 5.92 Å². The van der Waals surface area contributed by atoms with Gasteiger partial charge in [0, 0.05) is 5.39 Å². The molecule has 2 aromatic carbocycles. The summed E-state index contributed by atoms with van der Waals surface area (Å²) in [6, 6.07) is 7.20. The first-order valence-electron chi connectivity index (χ1n) is 9.80. The number of amides is 1. The minimum Gasteiger partial charge on any atom is -0.497 e. The number of halogens is 6. The summed E-state index contributed by atoms with van der Waals surface area (Å²) in [7, 11) is 0. The number of benzene rings is 2. The van der Waals surface area contributed by atoms with Gasteiger partial charge in [0.25, 0.3) is 0 Å². The molecule has 1 amide bonds. The smallest absolute Gasteiger partial charge is 0.416 e. The molecular weight excluding hydrogens is 452 g/mol. The Morgan fingerprint density at radius 1 is 1.03 bits per heavy atom. The molecule has 0 fully saturated rings. The van der Waals surface area contributed by atoms with Crippen LogP contribution < -0.4 is 5.32 Å². The molecule has 1 aliphatic heterocycles. The number of nitrogens with one attached hydrogen (secondary N) is 1. The van der Waals surface area contributed by atoms with Crippen molar-refractivity contribution in [1.82, 2.24) is 9.78 Å². The Morgan fingerprint density at radius 2 is 1.67 bits per heavy atom. The lowest BCUT2D eigenvalue weighted by molar-refractivity contribution is -0.138. The van der Waals surface area contributed by atoms with E-state index in [1.54, 1.807) is 13.0 Å². The van der Waals surface area contributed by atoms with Crippen molar-refractivity contribution in [3.63, 3.8) is 0 Å². The molecule has 2 atom stereocenters. The van der Waals surface area contributed by atoms with Crippen LogP contribution in [0.4, 0.5) is 32.2 Å². The molecular formula is C22H17F6N3O2. The maximum atomic E-state index is 13.3. The van der Waals surface area contributed by atoms with Gasteiger partial charge in [-0.3, -0.25) is 9.48 Å². The maximum absolute atomic E-state index is 13.3. The Balaban J connectivity index is 1.71. The van der Waals surface area contributed by atoms with Crippen molar-refractivity contribution < 1.29 is 35.9 Å². The van der Waals surface area contributed by atoms with Crippen molar-refractivity contribution in [1.29, 1.82) is 0 Å². The van der Waals surface area contributed by atoms with Crippen LogP contribution in [0.1, 0.15) is 23.6 Å². The SMILES string of the molecule is CC1OC=CC1C(=O)Nc1nn(Cc2ccc(C(F)(F)F)cc2)c2cc(C(F)(F)F)ccc12. The molecule has 0 aliphatic carbocycles. The van der Waals surface area contributed by atoms with Crippen LogP contribution in [0.2, 0.25) is 0 Å². The Kier molecular flexibility index (Phi) is 5.59. The number of anilines is 1. The summed E-state index contributed by atoms with van der Waals surface area (Å²) in [4.78, 5) is 12.6. The second kappa shape index (κ2) is 8.13. The highest BCUT2D eigenvalue weighted by Gasteiger charge is 2.33. The molecule has 33 heavy (non-hydrogen) atoms. The summed E-state index contributed by atoms with van der Waals surface area (Å²) < 4.78 is 84.7. The van der Waals surface area contributed by atoms with E-state index >= 15 is 0 Å². The molecule has 0 bridgehead atoms. The molecule has 174 valence electrons. The van der Waals surface area contributed by atoms with E-state index in [9.17, 15) is 31.1 Å². The van der Waals surface area contributed by atoms with Crippen LogP contribution in [0.25, 0.3) is 10.9 Å². The standard InChI is InChI=1S/C22H17F6N3O2/c1-12-16(8-9-33-12)20(32)29-19-17-7-6-15(22(26,27)28)10-18(17)31(30-19)11-13-2-4-14(5-3-13)21(23,24)25/h2-10,12,16H,11H2,1H3,(H,29,30,32). The van der Waals surface area contributed by atoms with E-state index < -0.39 is 41.4 Å². The van der Waals surface area contributed by atoms with Crippen molar-refractivity contribution in [2.24, 2.45) is 5.92 Å². The van der Waals surface area contributed by atoms with Crippen LogP contribution in [0.3, 0.4) is 0 Å². The monoisotopic (exact) mass is 469 g/mol. The lowest BCUT2D eigenvalue weighted by Crippen LogP contribution is -2.28. The van der Waals surface area contributed by atoms with Gasteiger partial charge in [-0.05, 0) is 48.9 Å². The average Bonchev–Trinajstić information content (AvgIpc) is 3.30. The number of nitrogens with zero attached hydrogens (tertiary/aromatic N) is 2. The van der Waals surface area contributed by atoms with Gasteiger partial charge in [-0.15, -0.1) is 0 Å². The van der Waals surface area contributed by atoms with Crippen molar-refractivity contribution in [2.45, 2.75) is 31.9 Å². The van der Waals surface area contributed by atoms with E-state index in [-0.39, 0.29) is 23.3 Å². The van der Waals surface area contributed by atoms with E-state index in [1.807, 2.05) is 0 Å². The molecule has 2 unspecified atom stereocenters. The fourth-order valence-electron chi connectivity index (χ4n) is 3.53. The van der Waals surface area contributed by atoms with Crippen molar-refractivity contribution in [2.75, 3.05) is 5.32 Å². The predicted octanol–water partition coefficient (Wildman–Crippen LogP) is 5.61.